The number of benzene rings is 2. The molecular weight excluding hydrogens is 216 g/mol. The summed E-state index contributed by atoms with van der Waals surface area (Å²) in [6.45, 7) is 6.20. The highest BCUT2D eigenvalue weighted by Crippen LogP contribution is 2.25. The van der Waals surface area contributed by atoms with Gasteiger partial charge >= 0.3 is 0 Å². The van der Waals surface area contributed by atoms with Crippen LogP contribution in [0.5, 0.6) is 0 Å². The molecule has 0 fully saturated rings. The third-order valence-corrected chi connectivity index (χ3v) is 3.58. The molecule has 2 rings (SSSR count). The Balaban J connectivity index is 2.29. The van der Waals surface area contributed by atoms with Crippen LogP contribution >= 0.6 is 0 Å². The van der Waals surface area contributed by atoms with Crippen molar-refractivity contribution in [2.24, 2.45) is 0 Å². The predicted molar refractivity (Wildman–Crippen MR) is 81.9 cm³/mol. The second kappa shape index (κ2) is 6.39. The van der Waals surface area contributed by atoms with Gasteiger partial charge in [-0.1, -0.05) is 75.2 Å². The number of hydrogen-bond donors (Lipinski definition) is 0. The molecule has 0 aliphatic carbocycles. The van der Waals surface area contributed by atoms with E-state index in [0.29, 0.717) is 0 Å². The molecule has 94 valence electrons. The van der Waals surface area contributed by atoms with E-state index in [2.05, 4.69) is 49.9 Å². The molecule has 0 nitrogen and oxygen atoms in total. The molecule has 0 atom stereocenters. The first kappa shape index (κ1) is 12.9. The van der Waals surface area contributed by atoms with Gasteiger partial charge in [0.25, 0.3) is 0 Å². The molecular formula is C18H22. The SMILES string of the molecule is C=Cc1ccc2ccccc2c1CCCCCC. The molecule has 0 radical (unpaired) electrons. The molecule has 0 saturated carbocycles. The van der Waals surface area contributed by atoms with Crippen LogP contribution in [0.4, 0.5) is 0 Å². The number of aryl methyl sites for hydroxylation is 1. The van der Waals surface area contributed by atoms with E-state index in [1.807, 2.05) is 6.08 Å². The molecule has 0 bridgehead atoms. The van der Waals surface area contributed by atoms with E-state index < -0.39 is 0 Å². The summed E-state index contributed by atoms with van der Waals surface area (Å²) in [5.41, 5.74) is 2.77. The second-order valence-electron chi connectivity index (χ2n) is 4.87. The highest BCUT2D eigenvalue weighted by atomic mass is 14.1. The third-order valence-electron chi connectivity index (χ3n) is 3.58. The van der Waals surface area contributed by atoms with Gasteiger partial charge in [-0.25, -0.2) is 0 Å². The molecule has 18 heavy (non-hydrogen) atoms. The molecule has 0 saturated heterocycles. The number of hydrogen-bond acceptors (Lipinski definition) is 0. The zero-order valence-corrected chi connectivity index (χ0v) is 11.3. The standard InChI is InChI=1S/C18H22/c1-3-5-6-7-11-17-15(4-2)13-14-16-10-8-9-12-18(16)17/h4,8-10,12-14H,2-3,5-7,11H2,1H3. The van der Waals surface area contributed by atoms with Crippen molar-refractivity contribution in [2.45, 2.75) is 39.0 Å². The van der Waals surface area contributed by atoms with Gasteiger partial charge in [-0.2, -0.15) is 0 Å². The van der Waals surface area contributed by atoms with Crippen molar-refractivity contribution in [3.8, 4) is 0 Å². The number of fused-ring (bicyclic) bond motifs is 1. The zero-order chi connectivity index (χ0) is 12.8. The minimum atomic E-state index is 1.17. The molecule has 2 aromatic rings. The third kappa shape index (κ3) is 2.81. The summed E-state index contributed by atoms with van der Waals surface area (Å²) in [4.78, 5) is 0. The van der Waals surface area contributed by atoms with Crippen LogP contribution in [-0.2, 0) is 6.42 Å². The van der Waals surface area contributed by atoms with Gasteiger partial charge in [0.2, 0.25) is 0 Å². The maximum absolute atomic E-state index is 3.94. The lowest BCUT2D eigenvalue weighted by Crippen LogP contribution is -1.92. The summed E-state index contributed by atoms with van der Waals surface area (Å²) in [5, 5.41) is 2.74. The Bertz CT molecular complexity index is 523. The summed E-state index contributed by atoms with van der Waals surface area (Å²) in [6, 6.07) is 13.1. The first-order chi connectivity index (χ1) is 8.86. The quantitative estimate of drug-likeness (QED) is 0.574. The summed E-state index contributed by atoms with van der Waals surface area (Å²) in [5.74, 6) is 0. The van der Waals surface area contributed by atoms with Gasteiger partial charge in [-0.15, -0.1) is 0 Å². The lowest BCUT2D eigenvalue weighted by atomic mass is 9.94. The van der Waals surface area contributed by atoms with Gasteiger partial charge in [0.1, 0.15) is 0 Å². The zero-order valence-electron chi connectivity index (χ0n) is 11.3. The van der Waals surface area contributed by atoms with Gasteiger partial charge in [0.05, 0.1) is 0 Å². The van der Waals surface area contributed by atoms with E-state index in [1.165, 1.54) is 54.0 Å². The predicted octanol–water partition coefficient (Wildman–Crippen LogP) is 5.61. The van der Waals surface area contributed by atoms with Gasteiger partial charge in [0.15, 0.2) is 0 Å². The Morgan fingerprint density at radius 1 is 1.00 bits per heavy atom. The van der Waals surface area contributed by atoms with Crippen LogP contribution in [0.3, 0.4) is 0 Å². The average molecular weight is 238 g/mol. The van der Waals surface area contributed by atoms with Crippen LogP contribution in [-0.4, -0.2) is 0 Å². The van der Waals surface area contributed by atoms with Gasteiger partial charge in [-0.3, -0.25) is 0 Å². The molecule has 0 N–H and O–H groups in total. The number of unbranched alkanes of at least 4 members (excludes halogenated alkanes) is 3. The van der Waals surface area contributed by atoms with Gasteiger partial charge < -0.3 is 0 Å². The largest absolute Gasteiger partial charge is 0.0985 e. The monoisotopic (exact) mass is 238 g/mol. The Kier molecular flexibility index (Phi) is 4.58. The minimum Gasteiger partial charge on any atom is -0.0985 e. The molecule has 0 aliphatic rings. The molecule has 0 aliphatic heterocycles. The van der Waals surface area contributed by atoms with Crippen LogP contribution < -0.4 is 0 Å². The molecule has 0 spiro atoms. The summed E-state index contributed by atoms with van der Waals surface area (Å²) in [6.07, 6.45) is 8.40. The Labute approximate surface area is 110 Å². The van der Waals surface area contributed by atoms with E-state index >= 15 is 0 Å². The summed E-state index contributed by atoms with van der Waals surface area (Å²) in [7, 11) is 0. The fourth-order valence-electron chi connectivity index (χ4n) is 2.55. The van der Waals surface area contributed by atoms with Crippen molar-refractivity contribution in [1.82, 2.24) is 0 Å². The lowest BCUT2D eigenvalue weighted by molar-refractivity contribution is 0.668. The first-order valence-electron chi connectivity index (χ1n) is 7.00. The van der Waals surface area contributed by atoms with Crippen LogP contribution in [0.15, 0.2) is 43.0 Å². The normalized spacial score (nSPS) is 10.7. The molecule has 0 heterocycles. The van der Waals surface area contributed by atoms with Crippen LogP contribution in [0.1, 0.15) is 43.7 Å². The Morgan fingerprint density at radius 2 is 1.83 bits per heavy atom. The highest BCUT2D eigenvalue weighted by Gasteiger charge is 2.04. The molecule has 0 heteroatoms. The molecule has 0 amide bonds. The van der Waals surface area contributed by atoms with Gasteiger partial charge in [0, 0.05) is 0 Å². The van der Waals surface area contributed by atoms with Crippen LogP contribution in [0.2, 0.25) is 0 Å². The van der Waals surface area contributed by atoms with E-state index in [1.54, 1.807) is 0 Å². The smallest absolute Gasteiger partial charge is 0.0146 e. The topological polar surface area (TPSA) is 0 Å². The molecule has 0 unspecified atom stereocenters. The summed E-state index contributed by atoms with van der Waals surface area (Å²) >= 11 is 0. The van der Waals surface area contributed by atoms with Crippen molar-refractivity contribution in [3.05, 3.63) is 54.1 Å². The van der Waals surface area contributed by atoms with Crippen molar-refractivity contribution in [1.29, 1.82) is 0 Å². The maximum Gasteiger partial charge on any atom is -0.0146 e. The minimum absolute atomic E-state index is 1.17. The maximum atomic E-state index is 3.94. The first-order valence-corrected chi connectivity index (χ1v) is 7.00. The average Bonchev–Trinajstić information content (AvgIpc) is 2.43. The lowest BCUT2D eigenvalue weighted by Gasteiger charge is -2.10. The van der Waals surface area contributed by atoms with Crippen molar-refractivity contribution >= 4 is 16.8 Å². The van der Waals surface area contributed by atoms with Crippen molar-refractivity contribution in [2.75, 3.05) is 0 Å². The highest BCUT2D eigenvalue weighted by molar-refractivity contribution is 5.88. The summed E-state index contributed by atoms with van der Waals surface area (Å²) < 4.78 is 0. The van der Waals surface area contributed by atoms with E-state index in [0.717, 1.165) is 0 Å². The van der Waals surface area contributed by atoms with Gasteiger partial charge in [-0.05, 0) is 34.7 Å². The molecule has 2 aromatic carbocycles. The van der Waals surface area contributed by atoms with E-state index in [4.69, 9.17) is 0 Å². The van der Waals surface area contributed by atoms with Crippen molar-refractivity contribution in [3.63, 3.8) is 0 Å². The fourth-order valence-corrected chi connectivity index (χ4v) is 2.55. The Morgan fingerprint density at radius 3 is 2.61 bits per heavy atom. The van der Waals surface area contributed by atoms with Crippen LogP contribution in [0.25, 0.3) is 16.8 Å². The number of rotatable bonds is 6. The molecule has 0 aromatic heterocycles. The van der Waals surface area contributed by atoms with E-state index in [-0.39, 0.29) is 0 Å². The second-order valence-corrected chi connectivity index (χ2v) is 4.87. The van der Waals surface area contributed by atoms with Crippen LogP contribution in [0, 0.1) is 0 Å². The Hall–Kier alpha value is -1.56. The van der Waals surface area contributed by atoms with Crippen molar-refractivity contribution < 1.29 is 0 Å². The fraction of sp³-hybridized carbons (Fsp3) is 0.333. The van der Waals surface area contributed by atoms with E-state index in [9.17, 15) is 0 Å².